The summed E-state index contributed by atoms with van der Waals surface area (Å²) in [5, 5.41) is 9.65. The summed E-state index contributed by atoms with van der Waals surface area (Å²) >= 11 is 0. The van der Waals surface area contributed by atoms with Gasteiger partial charge in [0.1, 0.15) is 11.0 Å². The number of rotatable bonds is 5. The molecule has 154 valence electrons. The van der Waals surface area contributed by atoms with Gasteiger partial charge in [0.05, 0.1) is 4.90 Å². The van der Waals surface area contributed by atoms with E-state index in [1.165, 1.54) is 23.8 Å². The zero-order valence-corrected chi connectivity index (χ0v) is 18.8. The predicted molar refractivity (Wildman–Crippen MR) is 121 cm³/mol. The van der Waals surface area contributed by atoms with Crippen LogP contribution in [-0.4, -0.2) is 13.0 Å². The fourth-order valence-corrected chi connectivity index (χ4v) is 4.81. The molecule has 4 nitrogen and oxygen atoms in total. The predicted octanol–water partition coefficient (Wildman–Crippen LogP) is 5.86. The summed E-state index contributed by atoms with van der Waals surface area (Å²) < 4.78 is 28.1. The van der Waals surface area contributed by atoms with Crippen LogP contribution in [-0.2, 0) is 9.84 Å². The molecule has 0 aliphatic heterocycles. The highest BCUT2D eigenvalue weighted by Gasteiger charge is 2.23. The Labute approximate surface area is 179 Å². The van der Waals surface area contributed by atoms with Crippen LogP contribution in [0, 0.1) is 32.1 Å². The van der Waals surface area contributed by atoms with Crippen molar-refractivity contribution in [2.24, 2.45) is 0 Å². The first-order chi connectivity index (χ1) is 14.2. The molecule has 0 bridgehead atoms. The first kappa shape index (κ1) is 21.6. The third-order valence-corrected chi connectivity index (χ3v) is 6.92. The van der Waals surface area contributed by atoms with Gasteiger partial charge in [-0.25, -0.2) is 8.42 Å². The Morgan fingerprint density at radius 2 is 1.70 bits per heavy atom. The normalized spacial score (nSPS) is 12.2. The topological polar surface area (TPSA) is 62.9 Å². The van der Waals surface area contributed by atoms with E-state index in [0.717, 1.165) is 28.2 Å². The summed E-state index contributed by atoms with van der Waals surface area (Å²) in [6, 6.07) is 18.2. The van der Waals surface area contributed by atoms with Crippen LogP contribution in [0.1, 0.15) is 47.8 Å². The van der Waals surface area contributed by atoms with Gasteiger partial charge in [-0.15, -0.1) is 0 Å². The lowest BCUT2D eigenvalue weighted by molar-refractivity contribution is 0.603. The van der Waals surface area contributed by atoms with Gasteiger partial charge in [-0.05, 0) is 68.2 Å². The average molecular weight is 419 g/mol. The molecule has 1 heterocycles. The minimum atomic E-state index is -3.88. The summed E-state index contributed by atoms with van der Waals surface area (Å²) in [5.74, 6) is 0.225. The Balaban J connectivity index is 2.21. The smallest absolute Gasteiger partial charge is 0.216 e. The van der Waals surface area contributed by atoms with Gasteiger partial charge in [0, 0.05) is 17.1 Å². The van der Waals surface area contributed by atoms with Crippen LogP contribution in [0.3, 0.4) is 0 Å². The van der Waals surface area contributed by atoms with Gasteiger partial charge >= 0.3 is 0 Å². The van der Waals surface area contributed by atoms with Crippen LogP contribution >= 0.6 is 0 Å². The molecule has 5 heteroatoms. The number of allylic oxidation sites excluding steroid dienone is 1. The SMILES string of the molecule is Cc1ccc(-n2c(C(C)C)cc(/C=C(\C#N)S(=O)(=O)c3ccccc3)c2C)c(C)c1. The Morgan fingerprint density at radius 1 is 1.03 bits per heavy atom. The molecule has 0 atom stereocenters. The molecule has 3 aromatic rings. The molecular weight excluding hydrogens is 392 g/mol. The summed E-state index contributed by atoms with van der Waals surface area (Å²) in [4.78, 5) is -0.141. The van der Waals surface area contributed by atoms with E-state index in [9.17, 15) is 13.7 Å². The summed E-state index contributed by atoms with van der Waals surface area (Å²) in [5.41, 5.74) is 6.10. The zero-order valence-electron chi connectivity index (χ0n) is 18.0. The van der Waals surface area contributed by atoms with E-state index in [2.05, 4.69) is 50.5 Å². The lowest BCUT2D eigenvalue weighted by atomic mass is 10.1. The summed E-state index contributed by atoms with van der Waals surface area (Å²) in [6.45, 7) is 10.3. The molecule has 0 fully saturated rings. The van der Waals surface area contributed by atoms with Crippen LogP contribution in [0.25, 0.3) is 11.8 Å². The monoisotopic (exact) mass is 418 g/mol. The third-order valence-electron chi connectivity index (χ3n) is 5.24. The van der Waals surface area contributed by atoms with Gasteiger partial charge in [0.2, 0.25) is 9.84 Å². The van der Waals surface area contributed by atoms with Crippen LogP contribution in [0.5, 0.6) is 0 Å². The number of hydrogen-bond acceptors (Lipinski definition) is 3. The number of benzene rings is 2. The molecule has 1 aromatic heterocycles. The van der Waals surface area contributed by atoms with Crippen molar-refractivity contribution in [3.05, 3.63) is 87.6 Å². The lowest BCUT2D eigenvalue weighted by Gasteiger charge is -2.17. The largest absolute Gasteiger partial charge is 0.317 e. The highest BCUT2D eigenvalue weighted by molar-refractivity contribution is 7.95. The molecule has 0 saturated carbocycles. The van der Waals surface area contributed by atoms with Crippen molar-refractivity contribution in [2.75, 3.05) is 0 Å². The maximum atomic E-state index is 13.0. The molecule has 0 unspecified atom stereocenters. The minimum absolute atomic E-state index is 0.119. The van der Waals surface area contributed by atoms with Crippen LogP contribution in [0.4, 0.5) is 0 Å². The second-order valence-electron chi connectivity index (χ2n) is 7.83. The van der Waals surface area contributed by atoms with Crippen molar-refractivity contribution in [1.82, 2.24) is 4.57 Å². The van der Waals surface area contributed by atoms with Crippen LogP contribution in [0.15, 0.2) is 64.4 Å². The van der Waals surface area contributed by atoms with Gasteiger partial charge < -0.3 is 4.57 Å². The molecule has 3 rings (SSSR count). The molecule has 0 saturated heterocycles. The van der Waals surface area contributed by atoms with E-state index in [-0.39, 0.29) is 15.7 Å². The zero-order chi connectivity index (χ0) is 22.1. The average Bonchev–Trinajstić information content (AvgIpc) is 3.03. The Bertz CT molecular complexity index is 1260. The molecular formula is C25H26N2O2S. The lowest BCUT2D eigenvalue weighted by Crippen LogP contribution is -2.06. The molecule has 0 aliphatic carbocycles. The highest BCUT2D eigenvalue weighted by atomic mass is 32.2. The van der Waals surface area contributed by atoms with E-state index in [1.807, 2.05) is 19.1 Å². The molecule has 0 N–H and O–H groups in total. The van der Waals surface area contributed by atoms with Gasteiger partial charge in [0.25, 0.3) is 0 Å². The van der Waals surface area contributed by atoms with Crippen molar-refractivity contribution in [2.45, 2.75) is 45.4 Å². The maximum Gasteiger partial charge on any atom is 0.216 e. The molecule has 0 amide bonds. The van der Waals surface area contributed by atoms with E-state index in [0.29, 0.717) is 0 Å². The fourth-order valence-electron chi connectivity index (χ4n) is 3.64. The fraction of sp³-hybridized carbons (Fsp3) is 0.240. The number of sulfone groups is 1. The van der Waals surface area contributed by atoms with Crippen molar-refractivity contribution >= 4 is 15.9 Å². The first-order valence-electron chi connectivity index (χ1n) is 9.88. The van der Waals surface area contributed by atoms with E-state index in [4.69, 9.17) is 0 Å². The van der Waals surface area contributed by atoms with Crippen molar-refractivity contribution in [3.8, 4) is 11.8 Å². The standard InChI is InChI=1S/C25H26N2O2S/c1-17(2)25-15-21(20(5)27(25)24-12-11-18(3)13-19(24)4)14-23(16-26)30(28,29)22-9-7-6-8-10-22/h6-15,17H,1-5H3/b23-14+. The molecule has 0 radical (unpaired) electrons. The quantitative estimate of drug-likeness (QED) is 0.487. The number of aryl methyl sites for hydroxylation is 2. The van der Waals surface area contributed by atoms with E-state index < -0.39 is 9.84 Å². The first-order valence-corrected chi connectivity index (χ1v) is 11.4. The molecule has 30 heavy (non-hydrogen) atoms. The Kier molecular flexibility index (Phi) is 6.00. The molecule has 0 spiro atoms. The Hall–Kier alpha value is -3.10. The third kappa shape index (κ3) is 3.96. The van der Waals surface area contributed by atoms with Crippen LogP contribution in [0.2, 0.25) is 0 Å². The van der Waals surface area contributed by atoms with Crippen molar-refractivity contribution < 1.29 is 8.42 Å². The number of aromatic nitrogens is 1. The maximum absolute atomic E-state index is 13.0. The number of nitrogens with zero attached hydrogens (tertiary/aromatic N) is 2. The highest BCUT2D eigenvalue weighted by Crippen LogP contribution is 2.31. The summed E-state index contributed by atoms with van der Waals surface area (Å²) in [7, 11) is -3.88. The van der Waals surface area contributed by atoms with Gasteiger partial charge in [-0.2, -0.15) is 5.26 Å². The van der Waals surface area contributed by atoms with Crippen molar-refractivity contribution in [1.29, 1.82) is 5.26 Å². The van der Waals surface area contributed by atoms with Gasteiger partial charge in [0.15, 0.2) is 0 Å². The minimum Gasteiger partial charge on any atom is -0.317 e. The van der Waals surface area contributed by atoms with E-state index >= 15 is 0 Å². The second-order valence-corrected chi connectivity index (χ2v) is 9.74. The molecule has 2 aromatic carbocycles. The van der Waals surface area contributed by atoms with Gasteiger partial charge in [-0.1, -0.05) is 49.7 Å². The number of nitriles is 1. The van der Waals surface area contributed by atoms with Gasteiger partial charge in [-0.3, -0.25) is 0 Å². The van der Waals surface area contributed by atoms with Crippen LogP contribution < -0.4 is 0 Å². The number of hydrogen-bond donors (Lipinski definition) is 0. The Morgan fingerprint density at radius 3 is 2.27 bits per heavy atom. The summed E-state index contributed by atoms with van der Waals surface area (Å²) in [6.07, 6.45) is 1.49. The molecule has 0 aliphatic rings. The van der Waals surface area contributed by atoms with Crippen molar-refractivity contribution in [3.63, 3.8) is 0 Å². The second kappa shape index (κ2) is 8.33. The van der Waals surface area contributed by atoms with E-state index in [1.54, 1.807) is 18.2 Å².